The van der Waals surface area contributed by atoms with Crippen LogP contribution in [0.15, 0.2) is 127 Å². The zero-order valence-corrected chi connectivity index (χ0v) is 38.8. The summed E-state index contributed by atoms with van der Waals surface area (Å²) in [5.41, 5.74) is 9.08. The highest BCUT2D eigenvalue weighted by Crippen LogP contribution is 2.37. The highest BCUT2D eigenvalue weighted by Gasteiger charge is 2.25. The van der Waals surface area contributed by atoms with Gasteiger partial charge in [-0.15, -0.1) is 0 Å². The first-order chi connectivity index (χ1) is 31.1. The van der Waals surface area contributed by atoms with E-state index in [0.29, 0.717) is 13.1 Å². The van der Waals surface area contributed by atoms with Crippen molar-refractivity contribution in [3.8, 4) is 40.2 Å². The first kappa shape index (κ1) is 45.3. The average molecular weight is 866 g/mol. The molecule has 0 fully saturated rings. The second kappa shape index (κ2) is 21.1. The van der Waals surface area contributed by atoms with Crippen LogP contribution in [0.2, 0.25) is 0 Å². The number of para-hydroxylation sites is 1. The molecular weight excluding hydrogens is 803 g/mol. The summed E-state index contributed by atoms with van der Waals surface area (Å²) in [5.74, 6) is 5.74. The molecular formula is C54H63N3O7. The van der Waals surface area contributed by atoms with Crippen LogP contribution in [-0.4, -0.2) is 60.5 Å². The normalized spacial score (nSPS) is 12.7. The summed E-state index contributed by atoms with van der Waals surface area (Å²) in [7, 11) is 8.63. The number of anilines is 3. The van der Waals surface area contributed by atoms with Gasteiger partial charge in [-0.2, -0.15) is 0 Å². The lowest BCUT2D eigenvalue weighted by Crippen LogP contribution is -2.36. The Morgan fingerprint density at radius 3 is 1.78 bits per heavy atom. The zero-order chi connectivity index (χ0) is 45.2. The standard InChI is InChI=1S/C54H63N3O7/c1-37(2)55(33-40-13-12-15-48(29-40)59-6)50-24-23-49(60-7)32-43(50)27-38(3)57(35-42-14-10-11-16-51(42)61-8)46-20-26-52(62-9)44(31-46)28-39(4)56(45-18-21-47(58-5)22-19-45)34-41-17-25-53-54(30-41)64-36-63-53/h10-26,29-32,37-39H,27-28,33-36H2,1-9H3. The molecule has 0 aromatic heterocycles. The van der Waals surface area contributed by atoms with Gasteiger partial charge in [-0.1, -0.05) is 36.4 Å². The molecule has 10 heteroatoms. The lowest BCUT2D eigenvalue weighted by molar-refractivity contribution is 0.174. The number of nitrogens with zero attached hydrogens (tertiary/aromatic N) is 3. The van der Waals surface area contributed by atoms with Gasteiger partial charge in [-0.25, -0.2) is 0 Å². The van der Waals surface area contributed by atoms with Gasteiger partial charge in [0.25, 0.3) is 0 Å². The topological polar surface area (TPSA) is 74.3 Å². The van der Waals surface area contributed by atoms with E-state index in [0.717, 1.165) is 87.7 Å². The summed E-state index contributed by atoms with van der Waals surface area (Å²) >= 11 is 0. The van der Waals surface area contributed by atoms with E-state index >= 15 is 0 Å². The van der Waals surface area contributed by atoms with Gasteiger partial charge in [0.05, 0.1) is 35.5 Å². The molecule has 0 radical (unpaired) electrons. The number of hydrogen-bond donors (Lipinski definition) is 0. The monoisotopic (exact) mass is 865 g/mol. The van der Waals surface area contributed by atoms with Crippen LogP contribution in [0.1, 0.15) is 55.5 Å². The van der Waals surface area contributed by atoms with E-state index in [1.54, 1.807) is 35.5 Å². The second-order valence-electron chi connectivity index (χ2n) is 16.6. The molecule has 0 saturated heterocycles. The summed E-state index contributed by atoms with van der Waals surface area (Å²) in [5, 5.41) is 0. The Labute approximate surface area is 379 Å². The second-order valence-corrected chi connectivity index (χ2v) is 16.6. The van der Waals surface area contributed by atoms with Crippen LogP contribution < -0.4 is 47.9 Å². The Morgan fingerprint density at radius 2 is 1.06 bits per heavy atom. The molecule has 0 saturated carbocycles. The molecule has 0 bridgehead atoms. The smallest absolute Gasteiger partial charge is 0.231 e. The van der Waals surface area contributed by atoms with Crippen molar-refractivity contribution in [2.45, 2.75) is 78.3 Å². The fourth-order valence-corrected chi connectivity index (χ4v) is 8.64. The predicted molar refractivity (Wildman–Crippen MR) is 258 cm³/mol. The van der Waals surface area contributed by atoms with Crippen LogP contribution in [0, 0.1) is 0 Å². The largest absolute Gasteiger partial charge is 0.497 e. The van der Waals surface area contributed by atoms with Crippen LogP contribution in [0.4, 0.5) is 17.1 Å². The van der Waals surface area contributed by atoms with Gasteiger partial charge in [-0.3, -0.25) is 0 Å². The van der Waals surface area contributed by atoms with Crippen molar-refractivity contribution in [3.05, 3.63) is 155 Å². The van der Waals surface area contributed by atoms with E-state index in [9.17, 15) is 0 Å². The van der Waals surface area contributed by atoms with Crippen molar-refractivity contribution in [1.29, 1.82) is 0 Å². The number of benzene rings is 6. The first-order valence-electron chi connectivity index (χ1n) is 22.0. The number of hydrogen-bond acceptors (Lipinski definition) is 10. The predicted octanol–water partition coefficient (Wildman–Crippen LogP) is 11.1. The lowest BCUT2D eigenvalue weighted by atomic mass is 9.98. The van der Waals surface area contributed by atoms with Gasteiger partial charge in [0, 0.05) is 60.4 Å². The molecule has 336 valence electrons. The van der Waals surface area contributed by atoms with E-state index in [4.69, 9.17) is 33.2 Å². The Kier molecular flexibility index (Phi) is 15.0. The van der Waals surface area contributed by atoms with Gasteiger partial charge in [-0.05, 0) is 154 Å². The van der Waals surface area contributed by atoms with Gasteiger partial charge in [0.1, 0.15) is 28.7 Å². The van der Waals surface area contributed by atoms with E-state index in [1.165, 1.54) is 16.8 Å². The molecule has 2 unspecified atom stereocenters. The first-order valence-corrected chi connectivity index (χ1v) is 22.0. The van der Waals surface area contributed by atoms with Gasteiger partial charge in [0.15, 0.2) is 11.5 Å². The minimum Gasteiger partial charge on any atom is -0.497 e. The number of ether oxygens (including phenoxy) is 7. The maximum atomic E-state index is 6.10. The number of rotatable bonds is 21. The maximum Gasteiger partial charge on any atom is 0.231 e. The zero-order valence-electron chi connectivity index (χ0n) is 38.8. The van der Waals surface area contributed by atoms with Crippen molar-refractivity contribution >= 4 is 17.1 Å². The third-order valence-electron chi connectivity index (χ3n) is 12.1. The molecule has 1 aliphatic rings. The Bertz CT molecular complexity index is 2460. The molecule has 2 atom stereocenters. The lowest BCUT2D eigenvalue weighted by Gasteiger charge is -2.36. The highest BCUT2D eigenvalue weighted by atomic mass is 16.7. The van der Waals surface area contributed by atoms with Crippen molar-refractivity contribution in [2.75, 3.05) is 57.0 Å². The fraction of sp³-hybridized carbons (Fsp3) is 0.333. The van der Waals surface area contributed by atoms with Gasteiger partial charge in [0.2, 0.25) is 6.79 Å². The van der Waals surface area contributed by atoms with Crippen molar-refractivity contribution in [1.82, 2.24) is 0 Å². The van der Waals surface area contributed by atoms with E-state index in [2.05, 4.69) is 133 Å². The molecule has 7 rings (SSSR count). The molecule has 10 nitrogen and oxygen atoms in total. The van der Waals surface area contributed by atoms with Gasteiger partial charge >= 0.3 is 0 Å². The molecule has 6 aromatic carbocycles. The molecule has 1 heterocycles. The Morgan fingerprint density at radius 1 is 0.453 bits per heavy atom. The highest BCUT2D eigenvalue weighted by molar-refractivity contribution is 5.60. The van der Waals surface area contributed by atoms with E-state index in [-0.39, 0.29) is 24.9 Å². The molecule has 1 aliphatic heterocycles. The SMILES string of the molecule is COc1ccc(N(Cc2ccc3c(c2)OCO3)C(C)Cc2cc(N(Cc3ccccc3OC)C(C)Cc3cc(OC)ccc3N(Cc3cccc(OC)c3)C(C)C)ccc2OC)cc1. The summed E-state index contributed by atoms with van der Waals surface area (Å²) in [4.78, 5) is 7.38. The minimum atomic E-state index is 0.0436. The summed E-state index contributed by atoms with van der Waals surface area (Å²) < 4.78 is 40.4. The quantitative estimate of drug-likeness (QED) is 0.0698. The number of fused-ring (bicyclic) bond motifs is 1. The fourth-order valence-electron chi connectivity index (χ4n) is 8.64. The van der Waals surface area contributed by atoms with Crippen molar-refractivity contribution < 1.29 is 33.2 Å². The van der Waals surface area contributed by atoms with Crippen LogP contribution >= 0.6 is 0 Å². The van der Waals surface area contributed by atoms with Crippen molar-refractivity contribution in [3.63, 3.8) is 0 Å². The summed E-state index contributed by atoms with van der Waals surface area (Å²) in [6, 6.07) is 44.5. The Hall–Kier alpha value is -6.68. The van der Waals surface area contributed by atoms with Crippen molar-refractivity contribution in [2.24, 2.45) is 0 Å². The van der Waals surface area contributed by atoms with E-state index in [1.807, 2.05) is 36.4 Å². The van der Waals surface area contributed by atoms with Crippen LogP contribution in [0.3, 0.4) is 0 Å². The van der Waals surface area contributed by atoms with Crippen LogP contribution in [0.25, 0.3) is 0 Å². The summed E-state index contributed by atoms with van der Waals surface area (Å²) in [6.45, 7) is 11.3. The molecule has 0 spiro atoms. The maximum absolute atomic E-state index is 6.10. The van der Waals surface area contributed by atoms with Crippen LogP contribution in [-0.2, 0) is 32.5 Å². The Balaban J connectivity index is 1.24. The average Bonchev–Trinajstić information content (AvgIpc) is 3.80. The van der Waals surface area contributed by atoms with Crippen LogP contribution in [0.5, 0.6) is 40.2 Å². The molecule has 0 N–H and O–H groups in total. The number of methoxy groups -OCH3 is 5. The minimum absolute atomic E-state index is 0.0436. The molecule has 64 heavy (non-hydrogen) atoms. The van der Waals surface area contributed by atoms with E-state index < -0.39 is 0 Å². The third-order valence-corrected chi connectivity index (χ3v) is 12.1. The molecule has 6 aromatic rings. The molecule has 0 amide bonds. The molecule has 0 aliphatic carbocycles. The van der Waals surface area contributed by atoms with Gasteiger partial charge < -0.3 is 47.9 Å². The third kappa shape index (κ3) is 10.7. The summed E-state index contributed by atoms with van der Waals surface area (Å²) in [6.07, 6.45) is 1.47.